The number of carbonyl (C=O) groups is 1. The lowest BCUT2D eigenvalue weighted by atomic mass is 10.0. The van der Waals surface area contributed by atoms with Crippen LogP contribution in [0.5, 0.6) is 5.75 Å². The Balaban J connectivity index is 0.00000441. The van der Waals surface area contributed by atoms with Crippen molar-refractivity contribution in [2.24, 2.45) is 5.73 Å². The molecule has 0 heterocycles. The molecule has 0 aliphatic carbocycles. The first-order valence-corrected chi connectivity index (χ1v) is 7.62. The fourth-order valence-electron chi connectivity index (χ4n) is 1.99. The summed E-state index contributed by atoms with van der Waals surface area (Å²) < 4.78 is 4.60. The zero-order chi connectivity index (χ0) is 15.8. The van der Waals surface area contributed by atoms with Gasteiger partial charge in [0.25, 0.3) is 0 Å². The molecule has 0 saturated heterocycles. The maximum atomic E-state index is 11.4. The van der Waals surface area contributed by atoms with Gasteiger partial charge >= 0.3 is 5.97 Å². The molecule has 0 bridgehead atoms. The van der Waals surface area contributed by atoms with Gasteiger partial charge in [-0.2, -0.15) is 0 Å². The SMILES string of the molecule is COC(=O)[C@@H](N)Cc1ccc(O)c(N(CCCl)CCCl)c1.Cl. The van der Waals surface area contributed by atoms with Crippen molar-refractivity contribution in [1.82, 2.24) is 0 Å². The summed E-state index contributed by atoms with van der Waals surface area (Å²) in [4.78, 5) is 13.3. The summed E-state index contributed by atoms with van der Waals surface area (Å²) >= 11 is 11.5. The van der Waals surface area contributed by atoms with E-state index >= 15 is 0 Å². The van der Waals surface area contributed by atoms with Crippen LogP contribution in [-0.4, -0.2) is 49.1 Å². The average molecular weight is 372 g/mol. The Bertz CT molecular complexity index is 469. The van der Waals surface area contributed by atoms with Crippen molar-refractivity contribution >= 4 is 47.3 Å². The van der Waals surface area contributed by atoms with Gasteiger partial charge in [-0.15, -0.1) is 35.6 Å². The Hall–Kier alpha value is -0.880. The van der Waals surface area contributed by atoms with Gasteiger partial charge in [-0.1, -0.05) is 6.07 Å². The highest BCUT2D eigenvalue weighted by Crippen LogP contribution is 2.28. The van der Waals surface area contributed by atoms with Gasteiger partial charge in [-0.05, 0) is 24.1 Å². The number of hydrogen-bond acceptors (Lipinski definition) is 5. The normalized spacial score (nSPS) is 11.5. The number of anilines is 1. The van der Waals surface area contributed by atoms with Crippen molar-refractivity contribution in [3.8, 4) is 5.75 Å². The molecule has 1 aromatic rings. The largest absolute Gasteiger partial charge is 0.506 e. The van der Waals surface area contributed by atoms with Gasteiger partial charge in [0.15, 0.2) is 0 Å². The third-order valence-electron chi connectivity index (χ3n) is 3.05. The summed E-state index contributed by atoms with van der Waals surface area (Å²) in [6, 6.07) is 4.35. The number of aromatic hydroxyl groups is 1. The minimum absolute atomic E-state index is 0. The average Bonchev–Trinajstić information content (AvgIpc) is 2.48. The Morgan fingerprint density at radius 2 is 1.95 bits per heavy atom. The molecule has 0 unspecified atom stereocenters. The second-order valence-corrected chi connectivity index (χ2v) is 5.28. The zero-order valence-electron chi connectivity index (χ0n) is 12.3. The standard InChI is InChI=1S/C14H20Cl2N2O3.ClH/c1-21-14(20)11(17)8-10-2-3-13(19)12(9-10)18(6-4-15)7-5-16;/h2-3,9,11,19H,4-8,17H2,1H3;1H/t11-;/m0./s1. The van der Waals surface area contributed by atoms with Crippen molar-refractivity contribution < 1.29 is 14.6 Å². The van der Waals surface area contributed by atoms with Gasteiger partial charge in [-0.3, -0.25) is 4.79 Å². The summed E-state index contributed by atoms with van der Waals surface area (Å²) in [5.41, 5.74) is 7.21. The fourth-order valence-corrected chi connectivity index (χ4v) is 2.40. The van der Waals surface area contributed by atoms with Crippen LogP contribution >= 0.6 is 35.6 Å². The third-order valence-corrected chi connectivity index (χ3v) is 3.39. The van der Waals surface area contributed by atoms with E-state index in [4.69, 9.17) is 28.9 Å². The van der Waals surface area contributed by atoms with E-state index in [9.17, 15) is 9.90 Å². The van der Waals surface area contributed by atoms with E-state index in [0.29, 0.717) is 37.0 Å². The molecule has 3 N–H and O–H groups in total. The molecular weight excluding hydrogens is 351 g/mol. The van der Waals surface area contributed by atoms with Crippen molar-refractivity contribution in [3.63, 3.8) is 0 Å². The van der Waals surface area contributed by atoms with Gasteiger partial charge in [0.2, 0.25) is 0 Å². The molecule has 0 saturated carbocycles. The van der Waals surface area contributed by atoms with Crippen LogP contribution < -0.4 is 10.6 Å². The maximum Gasteiger partial charge on any atom is 0.322 e. The van der Waals surface area contributed by atoms with Crippen LogP contribution in [0.4, 0.5) is 5.69 Å². The number of ether oxygens (including phenoxy) is 1. The highest BCUT2D eigenvalue weighted by Gasteiger charge is 2.16. The van der Waals surface area contributed by atoms with Crippen LogP contribution in [0.1, 0.15) is 5.56 Å². The maximum absolute atomic E-state index is 11.4. The van der Waals surface area contributed by atoms with Gasteiger partial charge in [0.1, 0.15) is 11.8 Å². The fraction of sp³-hybridized carbons (Fsp3) is 0.500. The number of halogens is 3. The highest BCUT2D eigenvalue weighted by atomic mass is 35.5. The Labute approximate surface area is 146 Å². The van der Waals surface area contributed by atoms with Gasteiger partial charge in [0, 0.05) is 24.8 Å². The summed E-state index contributed by atoms with van der Waals surface area (Å²) in [6.07, 6.45) is 0.329. The van der Waals surface area contributed by atoms with Crippen LogP contribution in [0, 0.1) is 0 Å². The second kappa shape index (κ2) is 10.8. The summed E-state index contributed by atoms with van der Waals surface area (Å²) in [5, 5.41) is 10.00. The van der Waals surface area contributed by atoms with E-state index in [1.165, 1.54) is 7.11 Å². The van der Waals surface area contributed by atoms with Crippen LogP contribution in [0.15, 0.2) is 18.2 Å². The number of hydrogen-bond donors (Lipinski definition) is 2. The lowest BCUT2D eigenvalue weighted by molar-refractivity contribution is -0.142. The van der Waals surface area contributed by atoms with Crippen molar-refractivity contribution in [2.75, 3.05) is 36.9 Å². The molecular formula is C14H21Cl3N2O3. The van der Waals surface area contributed by atoms with Crippen molar-refractivity contribution in [1.29, 1.82) is 0 Å². The van der Waals surface area contributed by atoms with E-state index in [1.807, 2.05) is 4.90 Å². The number of benzene rings is 1. The van der Waals surface area contributed by atoms with Crippen molar-refractivity contribution in [2.45, 2.75) is 12.5 Å². The minimum atomic E-state index is -0.734. The zero-order valence-corrected chi connectivity index (χ0v) is 14.6. The predicted molar refractivity (Wildman–Crippen MR) is 92.7 cm³/mol. The van der Waals surface area contributed by atoms with E-state index in [2.05, 4.69) is 4.74 Å². The molecule has 0 spiro atoms. The Morgan fingerprint density at radius 1 is 1.36 bits per heavy atom. The highest BCUT2D eigenvalue weighted by molar-refractivity contribution is 6.18. The quantitative estimate of drug-likeness (QED) is 0.541. The first-order chi connectivity index (χ1) is 10.0. The smallest absolute Gasteiger partial charge is 0.322 e. The molecule has 0 amide bonds. The lowest BCUT2D eigenvalue weighted by Crippen LogP contribution is -2.33. The number of esters is 1. The van der Waals surface area contributed by atoms with Gasteiger partial charge in [-0.25, -0.2) is 0 Å². The topological polar surface area (TPSA) is 75.8 Å². The van der Waals surface area contributed by atoms with Crippen LogP contribution in [-0.2, 0) is 16.0 Å². The molecule has 1 rings (SSSR count). The van der Waals surface area contributed by atoms with Gasteiger partial charge < -0.3 is 20.5 Å². The number of methoxy groups -OCH3 is 1. The molecule has 1 aromatic carbocycles. The first kappa shape index (κ1) is 21.1. The Kier molecular flexibility index (Phi) is 10.3. The number of phenolic OH excluding ortho intramolecular Hbond substituents is 1. The first-order valence-electron chi connectivity index (χ1n) is 6.55. The molecule has 0 fully saturated rings. The molecule has 0 aromatic heterocycles. The third kappa shape index (κ3) is 6.08. The molecule has 8 heteroatoms. The van der Waals surface area contributed by atoms with Crippen molar-refractivity contribution in [3.05, 3.63) is 23.8 Å². The predicted octanol–water partition coefficient (Wildman–Crippen LogP) is 2.14. The van der Waals surface area contributed by atoms with Crippen LogP contribution in [0.2, 0.25) is 0 Å². The number of alkyl halides is 2. The summed E-state index contributed by atoms with van der Waals surface area (Å²) in [5.74, 6) is 0.508. The number of carbonyl (C=O) groups excluding carboxylic acids is 1. The molecule has 0 radical (unpaired) electrons. The lowest BCUT2D eigenvalue weighted by Gasteiger charge is -2.24. The monoisotopic (exact) mass is 370 g/mol. The number of rotatable bonds is 8. The molecule has 1 atom stereocenters. The van der Waals surface area contributed by atoms with Crippen LogP contribution in [0.25, 0.3) is 0 Å². The van der Waals surface area contributed by atoms with Gasteiger partial charge in [0.05, 0.1) is 12.8 Å². The number of phenols is 1. The molecule has 0 aliphatic heterocycles. The van der Waals surface area contributed by atoms with E-state index < -0.39 is 12.0 Å². The summed E-state index contributed by atoms with van der Waals surface area (Å²) in [7, 11) is 1.30. The molecule has 0 aliphatic rings. The van der Waals surface area contributed by atoms with E-state index in [1.54, 1.807) is 18.2 Å². The summed E-state index contributed by atoms with van der Waals surface area (Å²) in [6.45, 7) is 1.13. The Morgan fingerprint density at radius 3 is 2.45 bits per heavy atom. The number of nitrogens with zero attached hydrogens (tertiary/aromatic N) is 1. The molecule has 126 valence electrons. The van der Waals surface area contributed by atoms with E-state index in [-0.39, 0.29) is 18.2 Å². The van der Waals surface area contributed by atoms with Crippen LogP contribution in [0.3, 0.4) is 0 Å². The molecule has 5 nitrogen and oxygen atoms in total. The minimum Gasteiger partial charge on any atom is -0.506 e. The molecule has 22 heavy (non-hydrogen) atoms. The number of nitrogens with two attached hydrogens (primary N) is 1. The second-order valence-electron chi connectivity index (χ2n) is 4.52. The van der Waals surface area contributed by atoms with E-state index in [0.717, 1.165) is 5.56 Å².